The Labute approximate surface area is 291 Å². The third-order valence-corrected chi connectivity index (χ3v) is 11.2. The molecule has 0 amide bonds. The van der Waals surface area contributed by atoms with Crippen molar-refractivity contribution in [3.05, 3.63) is 158 Å². The molecule has 3 heterocycles. The number of aromatic nitrogens is 2. The highest BCUT2D eigenvalue weighted by Gasteiger charge is 2.22. The minimum Gasteiger partial charge on any atom is -0.456 e. The largest absolute Gasteiger partial charge is 0.456 e. The minimum atomic E-state index is 0.713. The summed E-state index contributed by atoms with van der Waals surface area (Å²) in [5.41, 5.74) is 10.6. The fourth-order valence-corrected chi connectivity index (χ4v) is 8.87. The first kappa shape index (κ1) is 27.7. The Morgan fingerprint density at radius 1 is 0.420 bits per heavy atom. The number of nitrogens with zero attached hydrogens (tertiary/aromatic N) is 2. The van der Waals surface area contributed by atoms with Crippen LogP contribution in [0.5, 0.6) is 0 Å². The molecule has 0 aliphatic carbocycles. The SMILES string of the molecule is c1ccc(-c2ccc3c4c(cccc24)-c2cc(-c4nc(-c5ccc6oc7ccc8ccccc8c7c6c5)c5ccccc5n4)ccc2S3)cc1. The average Bonchev–Trinajstić information content (AvgIpc) is 3.56. The van der Waals surface area contributed by atoms with Crippen LogP contribution in [-0.4, -0.2) is 9.97 Å². The summed E-state index contributed by atoms with van der Waals surface area (Å²) in [6.07, 6.45) is 0. The molecule has 10 aromatic rings. The molecule has 1 aliphatic heterocycles. The summed E-state index contributed by atoms with van der Waals surface area (Å²) in [7, 11) is 0. The summed E-state index contributed by atoms with van der Waals surface area (Å²) in [5.74, 6) is 0.713. The first-order valence-corrected chi connectivity index (χ1v) is 17.6. The monoisotopic (exact) mass is 654 g/mol. The first-order chi connectivity index (χ1) is 24.8. The van der Waals surface area contributed by atoms with Crippen molar-refractivity contribution in [2.45, 2.75) is 9.79 Å². The van der Waals surface area contributed by atoms with Crippen LogP contribution in [-0.2, 0) is 0 Å². The van der Waals surface area contributed by atoms with Gasteiger partial charge in [0.1, 0.15) is 11.2 Å². The van der Waals surface area contributed by atoms with Gasteiger partial charge < -0.3 is 4.42 Å². The van der Waals surface area contributed by atoms with Gasteiger partial charge in [-0.15, -0.1) is 0 Å². The van der Waals surface area contributed by atoms with Crippen molar-refractivity contribution >= 4 is 66.1 Å². The van der Waals surface area contributed by atoms with E-state index in [1.54, 1.807) is 0 Å². The molecule has 8 aromatic carbocycles. The Balaban J connectivity index is 1.10. The lowest BCUT2D eigenvalue weighted by molar-refractivity contribution is 0.669. The molecule has 4 heteroatoms. The van der Waals surface area contributed by atoms with E-state index >= 15 is 0 Å². The highest BCUT2D eigenvalue weighted by atomic mass is 32.2. The number of rotatable bonds is 3. The molecule has 232 valence electrons. The molecule has 0 N–H and O–H groups in total. The van der Waals surface area contributed by atoms with E-state index in [2.05, 4.69) is 152 Å². The Hall–Kier alpha value is -6.23. The van der Waals surface area contributed by atoms with Gasteiger partial charge in [0.15, 0.2) is 5.82 Å². The van der Waals surface area contributed by atoms with Crippen molar-refractivity contribution in [3.63, 3.8) is 0 Å². The summed E-state index contributed by atoms with van der Waals surface area (Å²) < 4.78 is 6.33. The predicted molar refractivity (Wildman–Crippen MR) is 208 cm³/mol. The molecule has 0 unspecified atom stereocenters. The lowest BCUT2D eigenvalue weighted by atomic mass is 9.92. The normalized spacial score (nSPS) is 12.3. The lowest BCUT2D eigenvalue weighted by Gasteiger charge is -2.22. The number of hydrogen-bond acceptors (Lipinski definition) is 4. The summed E-state index contributed by atoms with van der Waals surface area (Å²) in [6, 6.07) is 56.0. The predicted octanol–water partition coefficient (Wildman–Crippen LogP) is 13.0. The zero-order chi connectivity index (χ0) is 32.8. The van der Waals surface area contributed by atoms with Gasteiger partial charge in [-0.2, -0.15) is 0 Å². The second-order valence-corrected chi connectivity index (χ2v) is 14.0. The van der Waals surface area contributed by atoms with Gasteiger partial charge in [0.05, 0.1) is 11.2 Å². The van der Waals surface area contributed by atoms with Crippen molar-refractivity contribution in [1.82, 2.24) is 9.97 Å². The zero-order valence-corrected chi connectivity index (χ0v) is 27.5. The molecule has 0 saturated heterocycles. The quantitative estimate of drug-likeness (QED) is 0.190. The van der Waals surface area contributed by atoms with Crippen LogP contribution in [0.2, 0.25) is 0 Å². The summed E-state index contributed by atoms with van der Waals surface area (Å²) in [6.45, 7) is 0. The standard InChI is InChI=1S/C46H26N2OS/c1-2-9-27(10-3-1)31-20-24-42-44-33(31)14-8-15-34(44)36-26-30(19-23-41(36)50-42)46-47-38-16-7-6-13-35(38)45(48-46)29-18-21-39-37(25-29)43-32-12-5-4-11-28(32)17-22-40(43)49-39/h1-26H. The van der Waals surface area contributed by atoms with E-state index in [1.165, 1.54) is 53.6 Å². The van der Waals surface area contributed by atoms with Crippen molar-refractivity contribution in [1.29, 1.82) is 0 Å². The van der Waals surface area contributed by atoms with E-state index in [4.69, 9.17) is 14.4 Å². The Morgan fingerprint density at radius 3 is 2.14 bits per heavy atom. The minimum absolute atomic E-state index is 0.713. The van der Waals surface area contributed by atoms with Crippen LogP contribution in [0.3, 0.4) is 0 Å². The maximum absolute atomic E-state index is 6.33. The van der Waals surface area contributed by atoms with Gasteiger partial charge in [-0.05, 0) is 86.9 Å². The van der Waals surface area contributed by atoms with Crippen LogP contribution >= 0.6 is 11.8 Å². The average molecular weight is 655 g/mol. The molecule has 0 atom stereocenters. The summed E-state index contributed by atoms with van der Waals surface area (Å²) in [5, 5.41) is 8.21. The van der Waals surface area contributed by atoms with Gasteiger partial charge in [-0.1, -0.05) is 121 Å². The molecule has 11 rings (SSSR count). The third kappa shape index (κ3) is 4.12. The molecule has 0 bridgehead atoms. The molecule has 2 aromatic heterocycles. The van der Waals surface area contributed by atoms with E-state index in [0.29, 0.717) is 5.82 Å². The third-order valence-electron chi connectivity index (χ3n) is 10.1. The molecular formula is C46H26N2OS. The molecule has 50 heavy (non-hydrogen) atoms. The summed E-state index contributed by atoms with van der Waals surface area (Å²) in [4.78, 5) is 13.0. The molecule has 0 saturated carbocycles. The highest BCUT2D eigenvalue weighted by molar-refractivity contribution is 7.99. The molecular weight excluding hydrogens is 629 g/mol. The number of benzene rings is 8. The number of para-hydroxylation sites is 1. The molecule has 3 nitrogen and oxygen atoms in total. The van der Waals surface area contributed by atoms with E-state index in [1.807, 2.05) is 17.8 Å². The van der Waals surface area contributed by atoms with Gasteiger partial charge in [-0.25, -0.2) is 9.97 Å². The number of hydrogen-bond donors (Lipinski definition) is 0. The number of fused-ring (bicyclic) bond motifs is 8. The van der Waals surface area contributed by atoms with Crippen LogP contribution in [0.25, 0.3) is 99.3 Å². The van der Waals surface area contributed by atoms with Crippen molar-refractivity contribution in [2.24, 2.45) is 0 Å². The Kier molecular flexibility index (Phi) is 5.89. The zero-order valence-electron chi connectivity index (χ0n) is 26.7. The maximum Gasteiger partial charge on any atom is 0.160 e. The van der Waals surface area contributed by atoms with Gasteiger partial charge in [0.25, 0.3) is 0 Å². The smallest absolute Gasteiger partial charge is 0.160 e. The van der Waals surface area contributed by atoms with Crippen molar-refractivity contribution in [3.8, 4) is 44.9 Å². The fourth-order valence-electron chi connectivity index (χ4n) is 7.76. The molecule has 0 radical (unpaired) electrons. The van der Waals surface area contributed by atoms with Crippen LogP contribution in [0.4, 0.5) is 0 Å². The Morgan fingerprint density at radius 2 is 1.20 bits per heavy atom. The molecule has 0 spiro atoms. The van der Waals surface area contributed by atoms with E-state index in [9.17, 15) is 0 Å². The van der Waals surface area contributed by atoms with Crippen molar-refractivity contribution in [2.75, 3.05) is 0 Å². The highest BCUT2D eigenvalue weighted by Crippen LogP contribution is 2.50. The first-order valence-electron chi connectivity index (χ1n) is 16.8. The van der Waals surface area contributed by atoms with Crippen LogP contribution < -0.4 is 0 Å². The molecule has 1 aliphatic rings. The second kappa shape index (κ2) is 10.6. The maximum atomic E-state index is 6.33. The van der Waals surface area contributed by atoms with E-state index in [-0.39, 0.29) is 0 Å². The fraction of sp³-hybridized carbons (Fsp3) is 0. The van der Waals surface area contributed by atoms with Crippen LogP contribution in [0.15, 0.2) is 172 Å². The van der Waals surface area contributed by atoms with Crippen molar-refractivity contribution < 1.29 is 4.42 Å². The van der Waals surface area contributed by atoms with Gasteiger partial charge in [0, 0.05) is 42.5 Å². The van der Waals surface area contributed by atoms with Crippen LogP contribution in [0, 0.1) is 0 Å². The lowest BCUT2D eigenvalue weighted by Crippen LogP contribution is -1.98. The summed E-state index contributed by atoms with van der Waals surface area (Å²) >= 11 is 1.84. The van der Waals surface area contributed by atoms with Crippen LogP contribution in [0.1, 0.15) is 0 Å². The topological polar surface area (TPSA) is 38.9 Å². The number of furan rings is 1. The van der Waals surface area contributed by atoms with E-state index < -0.39 is 0 Å². The van der Waals surface area contributed by atoms with Gasteiger partial charge in [0.2, 0.25) is 0 Å². The second-order valence-electron chi connectivity index (χ2n) is 12.9. The molecule has 0 fully saturated rings. The van der Waals surface area contributed by atoms with Gasteiger partial charge in [-0.3, -0.25) is 0 Å². The van der Waals surface area contributed by atoms with Gasteiger partial charge >= 0.3 is 0 Å². The van der Waals surface area contributed by atoms with E-state index in [0.717, 1.165) is 49.7 Å². The Bertz CT molecular complexity index is 3020.